The van der Waals surface area contributed by atoms with Crippen molar-refractivity contribution in [3.8, 4) is 0 Å². The van der Waals surface area contributed by atoms with Crippen LogP contribution >= 0.6 is 12.2 Å². The Morgan fingerprint density at radius 3 is 2.50 bits per heavy atom. The Bertz CT molecular complexity index is 373. The molecule has 0 saturated carbocycles. The Hall–Kier alpha value is -0.240. The minimum atomic E-state index is -3.33. The van der Waals surface area contributed by atoms with E-state index in [1.165, 1.54) is 4.31 Å². The molecule has 1 rings (SSSR count). The molecule has 1 saturated heterocycles. The number of morpholine rings is 1. The van der Waals surface area contributed by atoms with Gasteiger partial charge in [0.1, 0.15) is 11.1 Å². The minimum absolute atomic E-state index is 0.203. The number of hydrogen-bond acceptors (Lipinski definition) is 4. The van der Waals surface area contributed by atoms with Gasteiger partial charge in [-0.1, -0.05) is 12.2 Å². The lowest BCUT2D eigenvalue weighted by Crippen LogP contribution is -2.53. The molecule has 0 spiro atoms. The summed E-state index contributed by atoms with van der Waals surface area (Å²) in [6.45, 7) is 5.93. The Morgan fingerprint density at radius 1 is 1.50 bits per heavy atom. The summed E-state index contributed by atoms with van der Waals surface area (Å²) in [6, 6.07) is 0. The third-order valence-corrected chi connectivity index (χ3v) is 5.28. The van der Waals surface area contributed by atoms with E-state index in [4.69, 9.17) is 22.7 Å². The van der Waals surface area contributed by atoms with Crippen LogP contribution in [0.25, 0.3) is 0 Å². The quantitative estimate of drug-likeness (QED) is 0.718. The van der Waals surface area contributed by atoms with Gasteiger partial charge in [0, 0.05) is 13.1 Å². The van der Waals surface area contributed by atoms with Crippen molar-refractivity contribution in [3.63, 3.8) is 0 Å². The molecule has 7 heteroatoms. The second-order valence-electron chi connectivity index (χ2n) is 4.74. The highest BCUT2D eigenvalue weighted by atomic mass is 32.2. The first-order valence-electron chi connectivity index (χ1n) is 5.07. The first-order valence-corrected chi connectivity index (χ1v) is 6.91. The summed E-state index contributed by atoms with van der Waals surface area (Å²) in [5.74, 6) is 0. The Kier molecular flexibility index (Phi) is 3.94. The van der Waals surface area contributed by atoms with Gasteiger partial charge in [0.25, 0.3) is 0 Å². The summed E-state index contributed by atoms with van der Waals surface area (Å²) in [5, 5.41) is 0. The van der Waals surface area contributed by atoms with Crippen molar-refractivity contribution in [1.82, 2.24) is 4.31 Å². The van der Waals surface area contributed by atoms with E-state index in [1.54, 1.807) is 20.8 Å². The summed E-state index contributed by atoms with van der Waals surface area (Å²) in [4.78, 5) is 0.203. The maximum atomic E-state index is 12.2. The van der Waals surface area contributed by atoms with Gasteiger partial charge in [-0.15, -0.1) is 0 Å². The van der Waals surface area contributed by atoms with Crippen LogP contribution in [-0.4, -0.2) is 48.3 Å². The molecular formula is C9H18N2O3S2. The molecule has 0 radical (unpaired) electrons. The van der Waals surface area contributed by atoms with Crippen LogP contribution in [0.3, 0.4) is 0 Å². The van der Waals surface area contributed by atoms with Crippen LogP contribution in [-0.2, 0) is 14.8 Å². The smallest absolute Gasteiger partial charge is 0.219 e. The standard InChI is InChI=1S/C9H18N2O3S2/c1-9(2,3)16(12,13)11-4-5-14-7(6-11)8(10)15/h7H,4-6H2,1-3H3,(H2,10,15). The van der Waals surface area contributed by atoms with E-state index in [1.807, 2.05) is 0 Å². The molecular weight excluding hydrogens is 248 g/mol. The van der Waals surface area contributed by atoms with Gasteiger partial charge in [-0.05, 0) is 20.8 Å². The van der Waals surface area contributed by atoms with Crippen molar-refractivity contribution in [1.29, 1.82) is 0 Å². The lowest BCUT2D eigenvalue weighted by molar-refractivity contribution is 0.0379. The highest BCUT2D eigenvalue weighted by Crippen LogP contribution is 2.22. The zero-order chi connectivity index (χ0) is 12.6. The van der Waals surface area contributed by atoms with Crippen molar-refractivity contribution >= 4 is 27.2 Å². The molecule has 2 N–H and O–H groups in total. The second-order valence-corrected chi connectivity index (χ2v) is 7.90. The number of rotatable bonds is 2. The van der Waals surface area contributed by atoms with Gasteiger partial charge in [-0.3, -0.25) is 0 Å². The van der Waals surface area contributed by atoms with Crippen LogP contribution in [0, 0.1) is 0 Å². The molecule has 1 unspecified atom stereocenters. The van der Waals surface area contributed by atoms with Crippen LogP contribution < -0.4 is 5.73 Å². The zero-order valence-electron chi connectivity index (χ0n) is 9.76. The van der Waals surface area contributed by atoms with E-state index < -0.39 is 20.9 Å². The fourth-order valence-electron chi connectivity index (χ4n) is 1.40. The fraction of sp³-hybridized carbons (Fsp3) is 0.889. The molecule has 94 valence electrons. The molecule has 16 heavy (non-hydrogen) atoms. The minimum Gasteiger partial charge on any atom is -0.391 e. The molecule has 0 amide bonds. The lowest BCUT2D eigenvalue weighted by atomic mass is 10.3. The van der Waals surface area contributed by atoms with E-state index in [2.05, 4.69) is 0 Å². The number of sulfonamides is 1. The van der Waals surface area contributed by atoms with Gasteiger partial charge < -0.3 is 10.5 Å². The highest BCUT2D eigenvalue weighted by molar-refractivity contribution is 7.90. The molecule has 1 atom stereocenters. The second kappa shape index (κ2) is 4.56. The van der Waals surface area contributed by atoms with Crippen LogP contribution in [0.1, 0.15) is 20.8 Å². The normalized spacial score (nSPS) is 24.3. The van der Waals surface area contributed by atoms with Gasteiger partial charge in [0.2, 0.25) is 10.0 Å². The number of thiocarbonyl (C=S) groups is 1. The largest absolute Gasteiger partial charge is 0.391 e. The average Bonchev–Trinajstić information content (AvgIpc) is 2.16. The predicted molar refractivity (Wildman–Crippen MR) is 66.8 cm³/mol. The molecule has 0 aromatic rings. The summed E-state index contributed by atoms with van der Waals surface area (Å²) >= 11 is 4.82. The predicted octanol–water partition coefficient (Wildman–Crippen LogP) is 0.102. The van der Waals surface area contributed by atoms with E-state index in [0.717, 1.165) is 0 Å². The number of hydrogen-bond donors (Lipinski definition) is 1. The van der Waals surface area contributed by atoms with Crippen molar-refractivity contribution in [2.24, 2.45) is 5.73 Å². The first-order chi connectivity index (χ1) is 7.16. The SMILES string of the molecule is CC(C)(C)S(=O)(=O)N1CCOC(C(N)=S)C1. The molecule has 5 nitrogen and oxygen atoms in total. The Morgan fingerprint density at radius 2 is 2.06 bits per heavy atom. The van der Waals surface area contributed by atoms with Crippen LogP contribution in [0.15, 0.2) is 0 Å². The van der Waals surface area contributed by atoms with E-state index >= 15 is 0 Å². The lowest BCUT2D eigenvalue weighted by Gasteiger charge is -2.35. The summed E-state index contributed by atoms with van der Waals surface area (Å²) in [6.07, 6.45) is -0.471. The molecule has 1 fully saturated rings. The van der Waals surface area contributed by atoms with Crippen LogP contribution in [0.4, 0.5) is 0 Å². The maximum absolute atomic E-state index is 12.2. The topological polar surface area (TPSA) is 72.6 Å². The summed E-state index contributed by atoms with van der Waals surface area (Å²) in [7, 11) is -3.33. The van der Waals surface area contributed by atoms with E-state index in [-0.39, 0.29) is 11.5 Å². The fourth-order valence-corrected chi connectivity index (χ4v) is 2.97. The van der Waals surface area contributed by atoms with Crippen molar-refractivity contribution in [2.75, 3.05) is 19.7 Å². The van der Waals surface area contributed by atoms with Crippen molar-refractivity contribution < 1.29 is 13.2 Å². The molecule has 1 aliphatic rings. The summed E-state index contributed by atoms with van der Waals surface area (Å²) < 4.78 is 30.2. The first kappa shape index (κ1) is 13.8. The van der Waals surface area contributed by atoms with Gasteiger partial charge in [0.05, 0.1) is 11.4 Å². The third-order valence-electron chi connectivity index (χ3n) is 2.46. The highest BCUT2D eigenvalue weighted by Gasteiger charge is 2.38. The van der Waals surface area contributed by atoms with Gasteiger partial charge in [-0.2, -0.15) is 4.31 Å². The molecule has 0 aromatic heterocycles. The van der Waals surface area contributed by atoms with Gasteiger partial charge in [-0.25, -0.2) is 8.42 Å². The Balaban J connectivity index is 2.87. The molecule has 1 aliphatic heterocycles. The van der Waals surface area contributed by atoms with Crippen LogP contribution in [0.5, 0.6) is 0 Å². The average molecular weight is 266 g/mol. The Labute approximate surface area is 102 Å². The monoisotopic (exact) mass is 266 g/mol. The van der Waals surface area contributed by atoms with Gasteiger partial charge >= 0.3 is 0 Å². The molecule has 0 bridgehead atoms. The number of nitrogens with zero attached hydrogens (tertiary/aromatic N) is 1. The van der Waals surface area contributed by atoms with Crippen molar-refractivity contribution in [2.45, 2.75) is 31.6 Å². The van der Waals surface area contributed by atoms with Crippen LogP contribution in [0.2, 0.25) is 0 Å². The molecule has 0 aliphatic carbocycles. The zero-order valence-corrected chi connectivity index (χ0v) is 11.4. The third kappa shape index (κ3) is 2.71. The van der Waals surface area contributed by atoms with E-state index in [9.17, 15) is 8.42 Å². The molecule has 1 heterocycles. The van der Waals surface area contributed by atoms with Gasteiger partial charge in [0.15, 0.2) is 0 Å². The number of nitrogens with two attached hydrogens (primary N) is 1. The number of ether oxygens (including phenoxy) is 1. The molecule has 0 aromatic carbocycles. The van der Waals surface area contributed by atoms with Crippen molar-refractivity contribution in [3.05, 3.63) is 0 Å². The van der Waals surface area contributed by atoms with E-state index in [0.29, 0.717) is 13.2 Å². The maximum Gasteiger partial charge on any atom is 0.219 e. The summed E-state index contributed by atoms with van der Waals surface area (Å²) in [5.41, 5.74) is 5.47.